The number of amides is 3. The molecule has 0 bridgehead atoms. The number of carbonyl (C=O) groups excluding carboxylic acids is 3. The molecule has 1 aromatic heterocycles. The van der Waals surface area contributed by atoms with Gasteiger partial charge < -0.3 is 24.8 Å². The first kappa shape index (κ1) is 32.2. The molecule has 11 nitrogen and oxygen atoms in total. The monoisotopic (exact) mass is 623 g/mol. The standard InChI is InChI=1S/C35H41N7O4/c1-6-46-34(45)41(5)35(3,33(44)42-19-7-8-20-42)26-15-18-29-28(21-26)38-30(40(29)4)22-37-27-16-13-24(14-17-27)31(36)39-32(43)25-11-9-23(2)10-12-25/h9-18,21,37H,6-8,19-20,22H2,1-5H3,(H2,36,39,43)/t35-/m1/s1. The highest BCUT2D eigenvalue weighted by atomic mass is 16.6. The summed E-state index contributed by atoms with van der Waals surface area (Å²) in [5, 5.41) is 14.4. The molecular formula is C35H41N7O4. The summed E-state index contributed by atoms with van der Waals surface area (Å²) in [5.74, 6) is 0.335. The van der Waals surface area contributed by atoms with Gasteiger partial charge in [-0.15, -0.1) is 0 Å². The molecule has 11 heteroatoms. The van der Waals surface area contributed by atoms with E-state index in [1.165, 1.54) is 4.90 Å². The van der Waals surface area contributed by atoms with Crippen LogP contribution in [0.25, 0.3) is 11.0 Å². The SMILES string of the molecule is CCOC(=O)N(C)[C@@](C)(C(=O)N1CCCC1)c1ccc2c(c1)nc(CNc1ccc(C(=N)NC(=O)c3ccc(C)cc3)cc1)n2C. The Bertz CT molecular complexity index is 1760. The van der Waals surface area contributed by atoms with Crippen molar-refractivity contribution in [3.8, 4) is 0 Å². The molecule has 5 rings (SSSR count). The zero-order valence-electron chi connectivity index (χ0n) is 27.0. The van der Waals surface area contributed by atoms with Gasteiger partial charge in [-0.3, -0.25) is 19.9 Å². The fraction of sp³-hybridized carbons (Fsp3) is 0.343. The number of fused-ring (bicyclic) bond motifs is 1. The van der Waals surface area contributed by atoms with Crippen molar-refractivity contribution in [3.05, 3.63) is 94.8 Å². The molecule has 0 saturated carbocycles. The predicted molar refractivity (Wildman–Crippen MR) is 178 cm³/mol. The normalized spacial score (nSPS) is 14.1. The summed E-state index contributed by atoms with van der Waals surface area (Å²) >= 11 is 0. The van der Waals surface area contributed by atoms with Gasteiger partial charge in [0.15, 0.2) is 0 Å². The number of nitrogens with one attached hydrogen (secondary N) is 3. The molecule has 3 aromatic carbocycles. The highest BCUT2D eigenvalue weighted by Crippen LogP contribution is 2.34. The Morgan fingerprint density at radius 1 is 1.00 bits per heavy atom. The van der Waals surface area contributed by atoms with Crippen molar-refractivity contribution in [1.82, 2.24) is 24.7 Å². The number of ether oxygens (including phenoxy) is 1. The molecule has 240 valence electrons. The molecule has 1 saturated heterocycles. The van der Waals surface area contributed by atoms with Gasteiger partial charge in [-0.1, -0.05) is 23.8 Å². The quantitative estimate of drug-likeness (QED) is 0.174. The maximum absolute atomic E-state index is 13.9. The maximum Gasteiger partial charge on any atom is 0.410 e. The molecule has 1 fully saturated rings. The fourth-order valence-electron chi connectivity index (χ4n) is 5.70. The summed E-state index contributed by atoms with van der Waals surface area (Å²) in [7, 11) is 3.54. The Kier molecular flexibility index (Phi) is 9.41. The van der Waals surface area contributed by atoms with Crippen molar-refractivity contribution >= 4 is 40.5 Å². The zero-order chi connectivity index (χ0) is 33.0. The summed E-state index contributed by atoms with van der Waals surface area (Å²) in [5.41, 5.74) is 3.97. The average Bonchev–Trinajstić information content (AvgIpc) is 3.71. The highest BCUT2D eigenvalue weighted by molar-refractivity contribution is 6.11. The largest absolute Gasteiger partial charge is 0.450 e. The summed E-state index contributed by atoms with van der Waals surface area (Å²) < 4.78 is 7.28. The Hall–Kier alpha value is -5.19. The van der Waals surface area contributed by atoms with Gasteiger partial charge in [0, 0.05) is 44.0 Å². The van der Waals surface area contributed by atoms with Crippen molar-refractivity contribution in [3.63, 3.8) is 0 Å². The van der Waals surface area contributed by atoms with E-state index < -0.39 is 11.6 Å². The summed E-state index contributed by atoms with van der Waals surface area (Å²) in [6.45, 7) is 7.43. The van der Waals surface area contributed by atoms with Gasteiger partial charge in [-0.25, -0.2) is 9.78 Å². The van der Waals surface area contributed by atoms with Crippen LogP contribution < -0.4 is 10.6 Å². The predicted octanol–water partition coefficient (Wildman–Crippen LogP) is 5.18. The van der Waals surface area contributed by atoms with Gasteiger partial charge >= 0.3 is 6.09 Å². The van der Waals surface area contributed by atoms with Crippen LogP contribution >= 0.6 is 0 Å². The van der Waals surface area contributed by atoms with Gasteiger partial charge in [0.05, 0.1) is 24.2 Å². The van der Waals surface area contributed by atoms with Crippen LogP contribution in [0.3, 0.4) is 0 Å². The number of aromatic nitrogens is 2. The van der Waals surface area contributed by atoms with E-state index in [4.69, 9.17) is 15.1 Å². The van der Waals surface area contributed by atoms with Gasteiger partial charge in [0.25, 0.3) is 11.8 Å². The Morgan fingerprint density at radius 3 is 2.30 bits per heavy atom. The zero-order valence-corrected chi connectivity index (χ0v) is 27.0. The summed E-state index contributed by atoms with van der Waals surface area (Å²) in [6.07, 6.45) is 1.32. The molecule has 0 unspecified atom stereocenters. The molecule has 1 aliphatic rings. The van der Waals surface area contributed by atoms with E-state index in [-0.39, 0.29) is 24.3 Å². The molecule has 1 atom stereocenters. The fourth-order valence-corrected chi connectivity index (χ4v) is 5.70. The van der Waals surface area contributed by atoms with Crippen LogP contribution in [0, 0.1) is 12.3 Å². The number of likely N-dealkylation sites (tertiary alicyclic amines) is 1. The minimum Gasteiger partial charge on any atom is -0.450 e. The summed E-state index contributed by atoms with van der Waals surface area (Å²) in [4.78, 5) is 47.4. The first-order chi connectivity index (χ1) is 22.0. The van der Waals surface area contributed by atoms with Crippen LogP contribution in [0.2, 0.25) is 0 Å². The number of aryl methyl sites for hydroxylation is 2. The van der Waals surface area contributed by atoms with Gasteiger partial charge in [0.2, 0.25) is 0 Å². The van der Waals surface area contributed by atoms with E-state index >= 15 is 0 Å². The number of carbonyl (C=O) groups is 3. The topological polar surface area (TPSA) is 133 Å². The van der Waals surface area contributed by atoms with Gasteiger partial charge in [-0.2, -0.15) is 0 Å². The van der Waals surface area contributed by atoms with Crippen LogP contribution in [0.4, 0.5) is 10.5 Å². The molecule has 0 aliphatic carbocycles. The molecule has 4 aromatic rings. The Labute approximate surface area is 269 Å². The number of hydrogen-bond acceptors (Lipinski definition) is 7. The van der Waals surface area contributed by atoms with Crippen molar-refractivity contribution in [2.75, 3.05) is 32.1 Å². The average molecular weight is 624 g/mol. The number of nitrogens with zero attached hydrogens (tertiary/aromatic N) is 4. The third kappa shape index (κ3) is 6.44. The molecule has 3 amide bonds. The number of rotatable bonds is 9. The highest BCUT2D eigenvalue weighted by Gasteiger charge is 2.45. The maximum atomic E-state index is 13.9. The molecular weight excluding hydrogens is 582 g/mol. The second-order valence-corrected chi connectivity index (χ2v) is 11.7. The van der Waals surface area contributed by atoms with Crippen molar-refractivity contribution in [2.24, 2.45) is 7.05 Å². The number of likely N-dealkylation sites (N-methyl/N-ethyl adjacent to an activating group) is 1. The number of hydrogen-bond donors (Lipinski definition) is 3. The Morgan fingerprint density at radius 2 is 1.65 bits per heavy atom. The van der Waals surface area contributed by atoms with Crippen molar-refractivity contribution in [2.45, 2.75) is 45.7 Å². The number of imidazole rings is 1. The molecule has 0 spiro atoms. The lowest BCUT2D eigenvalue weighted by Gasteiger charge is -2.39. The van der Waals surface area contributed by atoms with Crippen LogP contribution in [0.1, 0.15) is 59.6 Å². The third-order valence-corrected chi connectivity index (χ3v) is 8.73. The number of anilines is 1. The van der Waals surface area contributed by atoms with Crippen LogP contribution in [-0.4, -0.2) is 69.8 Å². The second-order valence-electron chi connectivity index (χ2n) is 11.7. The molecule has 46 heavy (non-hydrogen) atoms. The minimum absolute atomic E-state index is 0.0205. The molecule has 1 aliphatic heterocycles. The lowest BCUT2D eigenvalue weighted by molar-refractivity contribution is -0.141. The van der Waals surface area contributed by atoms with Crippen LogP contribution in [0.15, 0.2) is 66.7 Å². The number of amidine groups is 1. The second kappa shape index (κ2) is 13.4. The minimum atomic E-state index is -1.27. The first-order valence-electron chi connectivity index (χ1n) is 15.5. The van der Waals surface area contributed by atoms with Crippen molar-refractivity contribution < 1.29 is 19.1 Å². The summed E-state index contributed by atoms with van der Waals surface area (Å²) in [6, 6.07) is 20.2. The first-order valence-corrected chi connectivity index (χ1v) is 15.5. The van der Waals surface area contributed by atoms with E-state index in [1.807, 2.05) is 65.9 Å². The Balaban J connectivity index is 1.31. The lowest BCUT2D eigenvalue weighted by Crippen LogP contribution is -2.55. The lowest BCUT2D eigenvalue weighted by atomic mass is 9.88. The smallest absolute Gasteiger partial charge is 0.410 e. The van der Waals surface area contributed by atoms with E-state index in [0.717, 1.165) is 35.4 Å². The third-order valence-electron chi connectivity index (χ3n) is 8.73. The van der Waals surface area contributed by atoms with E-state index in [0.29, 0.717) is 41.8 Å². The molecule has 2 heterocycles. The van der Waals surface area contributed by atoms with E-state index in [2.05, 4.69) is 10.6 Å². The molecule has 0 radical (unpaired) electrons. The molecule has 3 N–H and O–H groups in total. The van der Waals surface area contributed by atoms with E-state index in [1.54, 1.807) is 45.2 Å². The van der Waals surface area contributed by atoms with E-state index in [9.17, 15) is 14.4 Å². The van der Waals surface area contributed by atoms with Crippen LogP contribution in [0.5, 0.6) is 0 Å². The number of benzene rings is 3. The van der Waals surface area contributed by atoms with Gasteiger partial charge in [0.1, 0.15) is 17.2 Å². The van der Waals surface area contributed by atoms with Crippen molar-refractivity contribution in [1.29, 1.82) is 5.41 Å². The van der Waals surface area contributed by atoms with Gasteiger partial charge in [-0.05, 0) is 87.7 Å². The van der Waals surface area contributed by atoms with Crippen LogP contribution in [-0.2, 0) is 28.7 Å².